The molecule has 1 aromatic carbocycles. The van der Waals surface area contributed by atoms with Gasteiger partial charge >= 0.3 is 6.03 Å². The van der Waals surface area contributed by atoms with Crippen molar-refractivity contribution in [1.29, 1.82) is 0 Å². The summed E-state index contributed by atoms with van der Waals surface area (Å²) < 4.78 is 0. The smallest absolute Gasteiger partial charge is 0.321 e. The van der Waals surface area contributed by atoms with Gasteiger partial charge in [-0.15, -0.1) is 0 Å². The third kappa shape index (κ3) is 4.23. The van der Waals surface area contributed by atoms with Crippen molar-refractivity contribution in [3.8, 4) is 0 Å². The highest BCUT2D eigenvalue weighted by Gasteiger charge is 2.25. The first-order valence-corrected chi connectivity index (χ1v) is 8.28. The summed E-state index contributed by atoms with van der Waals surface area (Å²) in [6, 6.07) is 7.81. The summed E-state index contributed by atoms with van der Waals surface area (Å²) in [4.78, 5) is 14.1. The van der Waals surface area contributed by atoms with Gasteiger partial charge in [-0.25, -0.2) is 4.79 Å². The Morgan fingerprint density at radius 1 is 1.32 bits per heavy atom. The van der Waals surface area contributed by atoms with E-state index >= 15 is 0 Å². The molecule has 2 atom stereocenters. The van der Waals surface area contributed by atoms with Gasteiger partial charge in [0.05, 0.1) is 6.10 Å². The van der Waals surface area contributed by atoms with E-state index in [4.69, 9.17) is 0 Å². The predicted octanol–water partition coefficient (Wildman–Crippen LogP) is 3.82. The molecule has 22 heavy (non-hydrogen) atoms. The van der Waals surface area contributed by atoms with Crippen LogP contribution in [0.1, 0.15) is 51.0 Å². The number of carbonyl (C=O) groups is 1. The van der Waals surface area contributed by atoms with Crippen LogP contribution in [0.5, 0.6) is 0 Å². The van der Waals surface area contributed by atoms with Gasteiger partial charge in [0.15, 0.2) is 0 Å². The third-order valence-corrected chi connectivity index (χ3v) is 4.55. The Bertz CT molecular complexity index is 502. The molecule has 4 heteroatoms. The number of para-hydroxylation sites is 1. The molecular weight excluding hydrogens is 276 g/mol. The second-order valence-corrected chi connectivity index (χ2v) is 6.66. The minimum atomic E-state index is -0.271. The molecule has 122 valence electrons. The summed E-state index contributed by atoms with van der Waals surface area (Å²) in [5.74, 6) is 0.562. The second kappa shape index (κ2) is 7.63. The zero-order chi connectivity index (χ0) is 16.1. The minimum absolute atomic E-state index is 0.106. The minimum Gasteiger partial charge on any atom is -0.393 e. The highest BCUT2D eigenvalue weighted by Crippen LogP contribution is 2.26. The molecule has 2 rings (SSSR count). The van der Waals surface area contributed by atoms with Crippen LogP contribution in [0.15, 0.2) is 24.3 Å². The van der Waals surface area contributed by atoms with E-state index < -0.39 is 0 Å². The number of rotatable bonds is 4. The molecule has 0 heterocycles. The Morgan fingerprint density at radius 2 is 2.00 bits per heavy atom. The van der Waals surface area contributed by atoms with Crippen molar-refractivity contribution >= 4 is 11.7 Å². The molecule has 4 nitrogen and oxygen atoms in total. The number of urea groups is 1. The second-order valence-electron chi connectivity index (χ2n) is 6.66. The number of hydrogen-bond acceptors (Lipinski definition) is 2. The number of benzene rings is 1. The van der Waals surface area contributed by atoms with E-state index in [2.05, 4.69) is 19.2 Å². The normalized spacial score (nSPS) is 21.7. The van der Waals surface area contributed by atoms with Crippen LogP contribution >= 0.6 is 0 Å². The van der Waals surface area contributed by atoms with Crippen LogP contribution in [0.25, 0.3) is 0 Å². The van der Waals surface area contributed by atoms with Gasteiger partial charge in [-0.05, 0) is 30.4 Å². The van der Waals surface area contributed by atoms with E-state index in [-0.39, 0.29) is 18.1 Å². The lowest BCUT2D eigenvalue weighted by atomic mass is 9.86. The van der Waals surface area contributed by atoms with Gasteiger partial charge in [-0.3, -0.25) is 0 Å². The number of hydrogen-bond donors (Lipinski definition) is 2. The van der Waals surface area contributed by atoms with Gasteiger partial charge < -0.3 is 15.3 Å². The highest BCUT2D eigenvalue weighted by atomic mass is 16.3. The van der Waals surface area contributed by atoms with Crippen molar-refractivity contribution in [1.82, 2.24) is 4.90 Å². The van der Waals surface area contributed by atoms with Crippen LogP contribution in [-0.4, -0.2) is 35.7 Å². The number of aliphatic hydroxyl groups is 1. The van der Waals surface area contributed by atoms with E-state index in [0.717, 1.165) is 36.9 Å². The lowest BCUT2D eigenvalue weighted by Crippen LogP contribution is -2.40. The largest absolute Gasteiger partial charge is 0.393 e. The van der Waals surface area contributed by atoms with Crippen molar-refractivity contribution in [2.75, 3.05) is 18.9 Å². The van der Waals surface area contributed by atoms with Crippen LogP contribution in [0.2, 0.25) is 0 Å². The quantitative estimate of drug-likeness (QED) is 0.888. The van der Waals surface area contributed by atoms with Gasteiger partial charge in [-0.1, -0.05) is 44.9 Å². The van der Waals surface area contributed by atoms with Crippen LogP contribution < -0.4 is 5.32 Å². The highest BCUT2D eigenvalue weighted by molar-refractivity contribution is 5.90. The standard InChI is InChI=1S/C18H28N2O2/c1-13(2)15-9-5-6-10-16(15)19-18(22)20(3)12-14-8-4-7-11-17(14)21/h5-6,9-10,13-14,17,21H,4,7-8,11-12H2,1-3H3,(H,19,22). The van der Waals surface area contributed by atoms with Crippen LogP contribution in [0.4, 0.5) is 10.5 Å². The SMILES string of the molecule is CC(C)c1ccccc1NC(=O)N(C)CC1CCCCC1O. The molecule has 0 saturated heterocycles. The van der Waals surface area contributed by atoms with E-state index in [1.54, 1.807) is 11.9 Å². The number of anilines is 1. The van der Waals surface area contributed by atoms with E-state index in [1.165, 1.54) is 0 Å². The van der Waals surface area contributed by atoms with Crippen molar-refractivity contribution in [3.63, 3.8) is 0 Å². The fourth-order valence-electron chi connectivity index (χ4n) is 3.16. The Labute approximate surface area is 133 Å². The Kier molecular flexibility index (Phi) is 5.83. The van der Waals surface area contributed by atoms with Crippen molar-refractivity contribution in [3.05, 3.63) is 29.8 Å². The zero-order valence-corrected chi connectivity index (χ0v) is 13.9. The van der Waals surface area contributed by atoms with Gasteiger partial charge in [0, 0.05) is 25.2 Å². The summed E-state index contributed by atoms with van der Waals surface area (Å²) in [6.07, 6.45) is 3.83. The Balaban J connectivity index is 1.96. The first kappa shape index (κ1) is 16.8. The molecule has 1 fully saturated rings. The number of nitrogens with zero attached hydrogens (tertiary/aromatic N) is 1. The van der Waals surface area contributed by atoms with Gasteiger partial charge in [0.25, 0.3) is 0 Å². The number of aliphatic hydroxyl groups excluding tert-OH is 1. The predicted molar refractivity (Wildman–Crippen MR) is 90.1 cm³/mol. The fourth-order valence-corrected chi connectivity index (χ4v) is 3.16. The molecule has 2 N–H and O–H groups in total. The first-order chi connectivity index (χ1) is 10.5. The van der Waals surface area contributed by atoms with Crippen LogP contribution in [0.3, 0.4) is 0 Å². The first-order valence-electron chi connectivity index (χ1n) is 8.28. The fraction of sp³-hybridized carbons (Fsp3) is 0.611. The maximum absolute atomic E-state index is 12.4. The summed E-state index contributed by atoms with van der Waals surface area (Å²) in [6.45, 7) is 4.84. The molecule has 0 spiro atoms. The number of nitrogens with one attached hydrogen (secondary N) is 1. The molecule has 2 unspecified atom stereocenters. The van der Waals surface area contributed by atoms with Crippen molar-refractivity contribution < 1.29 is 9.90 Å². The molecule has 1 saturated carbocycles. The molecule has 1 aromatic rings. The van der Waals surface area contributed by atoms with Crippen molar-refractivity contribution in [2.45, 2.75) is 51.6 Å². The monoisotopic (exact) mass is 304 g/mol. The summed E-state index contributed by atoms with van der Waals surface area (Å²) in [7, 11) is 1.80. The number of amides is 2. The molecule has 0 bridgehead atoms. The van der Waals surface area contributed by atoms with Crippen molar-refractivity contribution in [2.24, 2.45) is 5.92 Å². The van der Waals surface area contributed by atoms with E-state index in [0.29, 0.717) is 12.5 Å². The number of carbonyl (C=O) groups excluding carboxylic acids is 1. The molecule has 1 aliphatic carbocycles. The maximum atomic E-state index is 12.4. The van der Waals surface area contributed by atoms with E-state index in [1.807, 2.05) is 24.3 Å². The molecule has 1 aliphatic rings. The summed E-state index contributed by atoms with van der Waals surface area (Å²) >= 11 is 0. The Morgan fingerprint density at radius 3 is 2.68 bits per heavy atom. The van der Waals surface area contributed by atoms with Crippen LogP contribution in [-0.2, 0) is 0 Å². The van der Waals surface area contributed by atoms with Gasteiger partial charge in [-0.2, -0.15) is 0 Å². The van der Waals surface area contributed by atoms with E-state index in [9.17, 15) is 9.90 Å². The molecule has 0 aliphatic heterocycles. The molecule has 0 aromatic heterocycles. The molecule has 2 amide bonds. The maximum Gasteiger partial charge on any atom is 0.321 e. The summed E-state index contributed by atoms with van der Waals surface area (Å²) in [5, 5.41) is 13.0. The van der Waals surface area contributed by atoms with Crippen LogP contribution in [0, 0.1) is 5.92 Å². The summed E-state index contributed by atoms with van der Waals surface area (Å²) in [5.41, 5.74) is 2.01. The lowest BCUT2D eigenvalue weighted by Gasteiger charge is -2.31. The molecule has 0 radical (unpaired) electrons. The third-order valence-electron chi connectivity index (χ3n) is 4.55. The lowest BCUT2D eigenvalue weighted by molar-refractivity contribution is 0.0575. The zero-order valence-electron chi connectivity index (χ0n) is 13.9. The average molecular weight is 304 g/mol. The Hall–Kier alpha value is -1.55. The van der Waals surface area contributed by atoms with Gasteiger partial charge in [0.1, 0.15) is 0 Å². The molecular formula is C18H28N2O2. The topological polar surface area (TPSA) is 52.6 Å². The average Bonchev–Trinajstić information content (AvgIpc) is 2.49. The van der Waals surface area contributed by atoms with Gasteiger partial charge in [0.2, 0.25) is 0 Å².